The molecule has 1 heterocycles. The third-order valence-electron chi connectivity index (χ3n) is 4.47. The fourth-order valence-corrected chi connectivity index (χ4v) is 2.91. The molecule has 1 saturated heterocycles. The normalized spacial score (nSPS) is 17.9. The Hall–Kier alpha value is -2.24. The van der Waals surface area contributed by atoms with Crippen molar-refractivity contribution in [2.24, 2.45) is 11.3 Å². The predicted octanol–water partition coefficient (Wildman–Crippen LogP) is 2.42. The number of ether oxygens (including phenoxy) is 1. The van der Waals surface area contributed by atoms with Gasteiger partial charge in [-0.2, -0.15) is 0 Å². The number of rotatable bonds is 4. The first-order valence-electron chi connectivity index (χ1n) is 8.67. The number of hydrogen-bond acceptors (Lipinski definition) is 4. The van der Waals surface area contributed by atoms with E-state index in [0.29, 0.717) is 25.4 Å². The van der Waals surface area contributed by atoms with Crippen LogP contribution in [0.5, 0.6) is 11.5 Å². The number of nitrogens with zero attached hydrogens (tertiary/aromatic N) is 1. The highest BCUT2D eigenvalue weighted by atomic mass is 16.5. The average molecular weight is 348 g/mol. The summed E-state index contributed by atoms with van der Waals surface area (Å²) in [5, 5.41) is 13.0. The van der Waals surface area contributed by atoms with E-state index in [9.17, 15) is 14.7 Å². The molecule has 1 unspecified atom stereocenters. The minimum Gasteiger partial charge on any atom is -0.507 e. The van der Waals surface area contributed by atoms with E-state index in [1.54, 1.807) is 17.0 Å². The summed E-state index contributed by atoms with van der Waals surface area (Å²) in [4.78, 5) is 26.5. The molecule has 6 nitrogen and oxygen atoms in total. The second kappa shape index (κ2) is 7.76. The highest BCUT2D eigenvalue weighted by Gasteiger charge is 2.28. The van der Waals surface area contributed by atoms with Gasteiger partial charge in [0.05, 0.1) is 12.7 Å². The van der Waals surface area contributed by atoms with Gasteiger partial charge in [-0.1, -0.05) is 20.8 Å². The van der Waals surface area contributed by atoms with Crippen molar-refractivity contribution < 1.29 is 19.4 Å². The van der Waals surface area contributed by atoms with Crippen molar-refractivity contribution in [3.63, 3.8) is 0 Å². The number of phenols is 1. The molecule has 138 valence electrons. The van der Waals surface area contributed by atoms with Crippen molar-refractivity contribution in [3.05, 3.63) is 23.8 Å². The van der Waals surface area contributed by atoms with E-state index in [-0.39, 0.29) is 29.0 Å². The highest BCUT2D eigenvalue weighted by Crippen LogP contribution is 2.26. The second-order valence-electron chi connectivity index (χ2n) is 7.60. The molecule has 1 aromatic rings. The average Bonchev–Trinajstić information content (AvgIpc) is 2.58. The third kappa shape index (κ3) is 4.87. The van der Waals surface area contributed by atoms with Gasteiger partial charge in [0, 0.05) is 31.1 Å². The molecule has 0 spiro atoms. The summed E-state index contributed by atoms with van der Waals surface area (Å²) in [6.07, 6.45) is 1.86. The lowest BCUT2D eigenvalue weighted by Crippen LogP contribution is -2.45. The number of amides is 2. The molecule has 2 N–H and O–H groups in total. The smallest absolute Gasteiger partial charge is 0.257 e. The van der Waals surface area contributed by atoms with Gasteiger partial charge in [-0.25, -0.2) is 0 Å². The van der Waals surface area contributed by atoms with Crippen LogP contribution < -0.4 is 10.1 Å². The number of nitrogens with one attached hydrogen (secondary N) is 1. The molecule has 1 aromatic carbocycles. The van der Waals surface area contributed by atoms with Crippen molar-refractivity contribution >= 4 is 11.8 Å². The Morgan fingerprint density at radius 2 is 2.08 bits per heavy atom. The van der Waals surface area contributed by atoms with Crippen LogP contribution in [0.15, 0.2) is 18.2 Å². The summed E-state index contributed by atoms with van der Waals surface area (Å²) >= 11 is 0. The minimum atomic E-state index is -0.418. The molecule has 0 aromatic heterocycles. The van der Waals surface area contributed by atoms with Crippen LogP contribution in [-0.4, -0.2) is 48.6 Å². The van der Waals surface area contributed by atoms with Gasteiger partial charge in [0.25, 0.3) is 5.91 Å². The largest absolute Gasteiger partial charge is 0.507 e. The summed E-state index contributed by atoms with van der Waals surface area (Å²) in [6, 6.07) is 4.69. The number of likely N-dealkylation sites (tertiary alicyclic amines) is 1. The van der Waals surface area contributed by atoms with Gasteiger partial charge in [-0.05, 0) is 30.9 Å². The van der Waals surface area contributed by atoms with Crippen LogP contribution in [0.3, 0.4) is 0 Å². The maximum atomic E-state index is 12.7. The summed E-state index contributed by atoms with van der Waals surface area (Å²) < 4.78 is 5.05. The first-order chi connectivity index (χ1) is 11.7. The number of hydrogen-bond donors (Lipinski definition) is 2. The third-order valence-corrected chi connectivity index (χ3v) is 4.47. The number of methoxy groups -OCH3 is 1. The zero-order valence-corrected chi connectivity index (χ0v) is 15.5. The summed E-state index contributed by atoms with van der Waals surface area (Å²) in [7, 11) is 1.51. The summed E-state index contributed by atoms with van der Waals surface area (Å²) in [5.41, 5.74) is -0.140. The monoisotopic (exact) mass is 348 g/mol. The van der Waals surface area contributed by atoms with Crippen LogP contribution in [0, 0.1) is 11.3 Å². The number of benzene rings is 1. The number of phenolic OH excluding ortho intramolecular Hbond substituents is 1. The van der Waals surface area contributed by atoms with Crippen molar-refractivity contribution in [3.8, 4) is 11.5 Å². The molecule has 0 aliphatic carbocycles. The highest BCUT2D eigenvalue weighted by molar-refractivity contribution is 5.97. The standard InChI is InChI=1S/C19H28N2O4/c1-19(2,3)18(24)20-11-13-6-5-9-21(12-13)17(23)15-8-7-14(25-4)10-16(15)22/h7-8,10,13,22H,5-6,9,11-12H2,1-4H3,(H,20,24). The molecule has 1 atom stereocenters. The number of carbonyl (C=O) groups is 2. The van der Waals surface area contributed by atoms with Gasteiger partial charge in [0.2, 0.25) is 5.91 Å². The van der Waals surface area contributed by atoms with E-state index in [1.165, 1.54) is 13.2 Å². The van der Waals surface area contributed by atoms with Crippen LogP contribution in [0.1, 0.15) is 44.0 Å². The Balaban J connectivity index is 1.98. The van der Waals surface area contributed by atoms with E-state index >= 15 is 0 Å². The Labute approximate surface area is 149 Å². The SMILES string of the molecule is COc1ccc(C(=O)N2CCCC(CNC(=O)C(C)(C)C)C2)c(O)c1. The van der Waals surface area contributed by atoms with E-state index in [1.807, 2.05) is 20.8 Å². The van der Waals surface area contributed by atoms with E-state index in [4.69, 9.17) is 4.74 Å². The Kier molecular flexibility index (Phi) is 5.93. The minimum absolute atomic E-state index is 0.0174. The van der Waals surface area contributed by atoms with Gasteiger partial charge in [0.15, 0.2) is 0 Å². The molecule has 6 heteroatoms. The molecule has 2 amide bonds. The van der Waals surface area contributed by atoms with Gasteiger partial charge < -0.3 is 20.1 Å². The zero-order chi connectivity index (χ0) is 18.6. The van der Waals surface area contributed by atoms with Crippen molar-refractivity contribution in [1.82, 2.24) is 10.2 Å². The van der Waals surface area contributed by atoms with Gasteiger partial charge >= 0.3 is 0 Å². The molecular formula is C19H28N2O4. The van der Waals surface area contributed by atoms with E-state index < -0.39 is 5.41 Å². The fourth-order valence-electron chi connectivity index (χ4n) is 2.91. The van der Waals surface area contributed by atoms with Crippen molar-refractivity contribution in [1.29, 1.82) is 0 Å². The predicted molar refractivity (Wildman–Crippen MR) is 95.8 cm³/mol. The molecule has 0 bridgehead atoms. The Bertz CT molecular complexity index is 637. The molecule has 2 rings (SSSR count). The quantitative estimate of drug-likeness (QED) is 0.876. The topological polar surface area (TPSA) is 78.9 Å². The van der Waals surface area contributed by atoms with Crippen LogP contribution in [0.2, 0.25) is 0 Å². The maximum Gasteiger partial charge on any atom is 0.257 e. The van der Waals surface area contributed by atoms with Gasteiger partial charge in [-0.3, -0.25) is 9.59 Å². The number of aromatic hydroxyl groups is 1. The van der Waals surface area contributed by atoms with Crippen LogP contribution >= 0.6 is 0 Å². The number of piperidine rings is 1. The summed E-state index contributed by atoms with van der Waals surface area (Å²) in [6.45, 7) is 7.44. The molecule has 25 heavy (non-hydrogen) atoms. The van der Waals surface area contributed by atoms with E-state index in [0.717, 1.165) is 12.8 Å². The second-order valence-corrected chi connectivity index (χ2v) is 7.60. The molecule has 1 fully saturated rings. The molecule has 1 aliphatic heterocycles. The lowest BCUT2D eigenvalue weighted by molar-refractivity contribution is -0.128. The van der Waals surface area contributed by atoms with Crippen LogP contribution in [-0.2, 0) is 4.79 Å². The lowest BCUT2D eigenvalue weighted by atomic mass is 9.93. The maximum absolute atomic E-state index is 12.7. The molecular weight excluding hydrogens is 320 g/mol. The zero-order valence-electron chi connectivity index (χ0n) is 15.5. The molecule has 1 aliphatic rings. The Morgan fingerprint density at radius 3 is 2.68 bits per heavy atom. The van der Waals surface area contributed by atoms with Crippen LogP contribution in [0.4, 0.5) is 0 Å². The number of carbonyl (C=O) groups excluding carboxylic acids is 2. The van der Waals surface area contributed by atoms with Crippen molar-refractivity contribution in [2.75, 3.05) is 26.7 Å². The first kappa shape index (κ1) is 19.1. The first-order valence-corrected chi connectivity index (χ1v) is 8.67. The summed E-state index contributed by atoms with van der Waals surface area (Å²) in [5.74, 6) is 0.489. The van der Waals surface area contributed by atoms with Crippen molar-refractivity contribution in [2.45, 2.75) is 33.6 Å². The molecule has 0 saturated carbocycles. The van der Waals surface area contributed by atoms with Crippen LogP contribution in [0.25, 0.3) is 0 Å². The Morgan fingerprint density at radius 1 is 1.36 bits per heavy atom. The van der Waals surface area contributed by atoms with Gasteiger partial charge in [-0.15, -0.1) is 0 Å². The fraction of sp³-hybridized carbons (Fsp3) is 0.579. The van der Waals surface area contributed by atoms with Gasteiger partial charge in [0.1, 0.15) is 11.5 Å². The van der Waals surface area contributed by atoms with E-state index in [2.05, 4.69) is 5.32 Å². The lowest BCUT2D eigenvalue weighted by Gasteiger charge is -2.33. The molecule has 0 radical (unpaired) electrons.